The summed E-state index contributed by atoms with van der Waals surface area (Å²) in [5, 5.41) is 5.52. The average Bonchev–Trinajstić information content (AvgIpc) is 3.43. The van der Waals surface area contributed by atoms with E-state index >= 15 is 0 Å². The molecule has 2 heterocycles. The van der Waals surface area contributed by atoms with Gasteiger partial charge >= 0.3 is 5.97 Å². The molecule has 3 aromatic carbocycles. The van der Waals surface area contributed by atoms with E-state index in [9.17, 15) is 9.59 Å². The van der Waals surface area contributed by atoms with Gasteiger partial charge in [0.05, 0.1) is 30.0 Å². The molecule has 1 N–H and O–H groups in total. The SMILES string of the molecule is COc1ccc2cc(-c3cc(C(=O)OCC(=O)NCC4CCCO4)c4ccccc4n3)ccc2c1. The molecule has 1 fully saturated rings. The van der Waals surface area contributed by atoms with Crippen molar-refractivity contribution in [2.75, 3.05) is 26.9 Å². The molecule has 0 saturated carbocycles. The van der Waals surface area contributed by atoms with Crippen LogP contribution in [0.2, 0.25) is 0 Å². The van der Waals surface area contributed by atoms with Gasteiger partial charge in [0, 0.05) is 24.1 Å². The molecule has 5 rings (SSSR count). The van der Waals surface area contributed by atoms with E-state index in [1.165, 1.54) is 0 Å². The number of aromatic nitrogens is 1. The van der Waals surface area contributed by atoms with Gasteiger partial charge in [0.2, 0.25) is 0 Å². The molecule has 1 amide bonds. The molecule has 35 heavy (non-hydrogen) atoms. The number of pyridine rings is 1. The summed E-state index contributed by atoms with van der Waals surface area (Å²) in [5.74, 6) is -0.126. The number of ether oxygens (including phenoxy) is 3. The van der Waals surface area contributed by atoms with Crippen molar-refractivity contribution in [2.24, 2.45) is 0 Å². The molecule has 1 aliphatic heterocycles. The summed E-state index contributed by atoms with van der Waals surface area (Å²) >= 11 is 0. The van der Waals surface area contributed by atoms with Gasteiger partial charge in [0.25, 0.3) is 5.91 Å². The first-order valence-electron chi connectivity index (χ1n) is 11.6. The number of hydrogen-bond donors (Lipinski definition) is 1. The largest absolute Gasteiger partial charge is 0.497 e. The lowest BCUT2D eigenvalue weighted by molar-refractivity contribution is -0.124. The minimum atomic E-state index is -0.567. The number of carbonyl (C=O) groups excluding carboxylic acids is 2. The molecule has 4 aromatic rings. The van der Waals surface area contributed by atoms with Crippen molar-refractivity contribution in [1.82, 2.24) is 10.3 Å². The number of amides is 1. The van der Waals surface area contributed by atoms with Gasteiger partial charge in [0.15, 0.2) is 6.61 Å². The number of methoxy groups -OCH3 is 1. The summed E-state index contributed by atoms with van der Waals surface area (Å²) < 4.78 is 16.2. The van der Waals surface area contributed by atoms with E-state index < -0.39 is 5.97 Å². The lowest BCUT2D eigenvalue weighted by Crippen LogP contribution is -2.34. The molecule has 0 aliphatic carbocycles. The zero-order chi connectivity index (χ0) is 24.2. The maximum atomic E-state index is 13.0. The maximum absolute atomic E-state index is 13.0. The van der Waals surface area contributed by atoms with Gasteiger partial charge in [-0.2, -0.15) is 0 Å². The van der Waals surface area contributed by atoms with Crippen LogP contribution in [-0.2, 0) is 14.3 Å². The maximum Gasteiger partial charge on any atom is 0.339 e. The number of fused-ring (bicyclic) bond motifs is 2. The van der Waals surface area contributed by atoms with Crippen LogP contribution in [0.15, 0.2) is 66.7 Å². The van der Waals surface area contributed by atoms with Gasteiger partial charge < -0.3 is 19.5 Å². The Morgan fingerprint density at radius 2 is 1.89 bits per heavy atom. The first-order valence-corrected chi connectivity index (χ1v) is 11.6. The topological polar surface area (TPSA) is 86.8 Å². The van der Waals surface area contributed by atoms with E-state index in [2.05, 4.69) is 5.32 Å². The van der Waals surface area contributed by atoms with Crippen LogP contribution >= 0.6 is 0 Å². The number of hydrogen-bond acceptors (Lipinski definition) is 6. The molecular formula is C28H26N2O5. The van der Waals surface area contributed by atoms with Crippen LogP contribution in [0.3, 0.4) is 0 Å². The highest BCUT2D eigenvalue weighted by Crippen LogP contribution is 2.29. The summed E-state index contributed by atoms with van der Waals surface area (Å²) in [4.78, 5) is 30.0. The number of nitrogens with zero attached hydrogens (tertiary/aromatic N) is 1. The molecule has 0 bridgehead atoms. The molecule has 1 atom stereocenters. The van der Waals surface area contributed by atoms with Crippen molar-refractivity contribution in [2.45, 2.75) is 18.9 Å². The van der Waals surface area contributed by atoms with Crippen LogP contribution < -0.4 is 10.1 Å². The van der Waals surface area contributed by atoms with E-state index in [0.29, 0.717) is 28.7 Å². The molecule has 178 valence electrons. The zero-order valence-electron chi connectivity index (χ0n) is 19.5. The van der Waals surface area contributed by atoms with Crippen molar-refractivity contribution >= 4 is 33.6 Å². The highest BCUT2D eigenvalue weighted by Gasteiger charge is 2.19. The Balaban J connectivity index is 1.38. The molecule has 7 heteroatoms. The fraction of sp³-hybridized carbons (Fsp3) is 0.250. The lowest BCUT2D eigenvalue weighted by Gasteiger charge is -2.12. The third kappa shape index (κ3) is 5.10. The Bertz CT molecular complexity index is 1400. The second kappa shape index (κ2) is 10.1. The smallest absolute Gasteiger partial charge is 0.339 e. The van der Waals surface area contributed by atoms with E-state index in [-0.39, 0.29) is 18.6 Å². The number of para-hydroxylation sites is 1. The van der Waals surface area contributed by atoms with Gasteiger partial charge in [0.1, 0.15) is 5.75 Å². The molecule has 7 nitrogen and oxygen atoms in total. The van der Waals surface area contributed by atoms with Crippen molar-refractivity contribution in [3.8, 4) is 17.0 Å². The summed E-state index contributed by atoms with van der Waals surface area (Å²) in [6, 6.07) is 21.0. The van der Waals surface area contributed by atoms with Crippen molar-refractivity contribution in [1.29, 1.82) is 0 Å². The van der Waals surface area contributed by atoms with Crippen LogP contribution in [0.5, 0.6) is 5.75 Å². The molecule has 0 spiro atoms. The fourth-order valence-electron chi connectivity index (χ4n) is 4.30. The Morgan fingerprint density at radius 3 is 2.71 bits per heavy atom. The Kier molecular flexibility index (Phi) is 6.59. The van der Waals surface area contributed by atoms with E-state index in [1.54, 1.807) is 13.2 Å². The van der Waals surface area contributed by atoms with E-state index in [4.69, 9.17) is 19.2 Å². The highest BCUT2D eigenvalue weighted by molar-refractivity contribution is 6.05. The van der Waals surface area contributed by atoms with Gasteiger partial charge in [-0.1, -0.05) is 36.4 Å². The second-order valence-corrected chi connectivity index (χ2v) is 8.52. The second-order valence-electron chi connectivity index (χ2n) is 8.52. The Hall–Kier alpha value is -3.97. The third-order valence-corrected chi connectivity index (χ3v) is 6.16. The molecular weight excluding hydrogens is 444 g/mol. The quantitative estimate of drug-likeness (QED) is 0.400. The summed E-state index contributed by atoms with van der Waals surface area (Å²) in [5.41, 5.74) is 2.56. The zero-order valence-corrected chi connectivity index (χ0v) is 19.5. The van der Waals surface area contributed by atoms with Gasteiger partial charge in [-0.15, -0.1) is 0 Å². The van der Waals surface area contributed by atoms with Crippen LogP contribution in [0.1, 0.15) is 23.2 Å². The minimum Gasteiger partial charge on any atom is -0.497 e. The number of nitrogens with one attached hydrogen (secondary N) is 1. The van der Waals surface area contributed by atoms with Crippen molar-refractivity contribution in [3.63, 3.8) is 0 Å². The van der Waals surface area contributed by atoms with Crippen LogP contribution in [0.4, 0.5) is 0 Å². The average molecular weight is 471 g/mol. The normalized spacial score (nSPS) is 15.3. The third-order valence-electron chi connectivity index (χ3n) is 6.16. The number of esters is 1. The Labute approximate surface area is 203 Å². The number of benzene rings is 3. The molecule has 0 radical (unpaired) electrons. The van der Waals surface area contributed by atoms with Gasteiger partial charge in [-0.25, -0.2) is 9.78 Å². The van der Waals surface area contributed by atoms with Crippen molar-refractivity contribution < 1.29 is 23.8 Å². The molecule has 1 unspecified atom stereocenters. The molecule has 1 aliphatic rings. The highest BCUT2D eigenvalue weighted by atomic mass is 16.5. The lowest BCUT2D eigenvalue weighted by atomic mass is 10.0. The van der Waals surface area contributed by atoms with Gasteiger partial charge in [-0.3, -0.25) is 4.79 Å². The first kappa shape index (κ1) is 22.8. The summed E-state index contributed by atoms with van der Waals surface area (Å²) in [6.45, 7) is 0.792. The first-order chi connectivity index (χ1) is 17.1. The number of carbonyl (C=O) groups is 2. The Morgan fingerprint density at radius 1 is 1.06 bits per heavy atom. The van der Waals surface area contributed by atoms with Gasteiger partial charge in [-0.05, 0) is 53.9 Å². The van der Waals surface area contributed by atoms with E-state index in [0.717, 1.165) is 41.5 Å². The molecule has 1 aromatic heterocycles. The molecule has 1 saturated heterocycles. The summed E-state index contributed by atoms with van der Waals surface area (Å²) in [7, 11) is 1.64. The monoisotopic (exact) mass is 470 g/mol. The van der Waals surface area contributed by atoms with Crippen LogP contribution in [0.25, 0.3) is 32.9 Å². The number of rotatable bonds is 7. The standard InChI is InChI=1S/C28H26N2O5/c1-33-21-11-10-18-13-20(9-8-19(18)14-21)26-15-24(23-6-2-3-7-25(23)30-26)28(32)35-17-27(31)29-16-22-5-4-12-34-22/h2-3,6-11,13-15,22H,4-5,12,16-17H2,1H3,(H,29,31). The predicted molar refractivity (Wildman–Crippen MR) is 134 cm³/mol. The van der Waals surface area contributed by atoms with Crippen LogP contribution in [-0.4, -0.2) is 49.8 Å². The van der Waals surface area contributed by atoms with Crippen LogP contribution in [0, 0.1) is 0 Å². The van der Waals surface area contributed by atoms with Crippen molar-refractivity contribution in [3.05, 3.63) is 72.3 Å². The fourth-order valence-corrected chi connectivity index (χ4v) is 4.30. The van der Waals surface area contributed by atoms with E-state index in [1.807, 2.05) is 60.7 Å². The minimum absolute atomic E-state index is 0.0318. The summed E-state index contributed by atoms with van der Waals surface area (Å²) in [6.07, 6.45) is 1.95. The predicted octanol–water partition coefficient (Wildman–Crippen LogP) is 4.52.